The maximum Gasteiger partial charge on any atom is 0.255 e. The van der Waals surface area contributed by atoms with Crippen LogP contribution in [0.2, 0.25) is 0 Å². The van der Waals surface area contributed by atoms with E-state index in [0.717, 1.165) is 16.8 Å². The van der Waals surface area contributed by atoms with Gasteiger partial charge in [0.1, 0.15) is 5.82 Å². The van der Waals surface area contributed by atoms with E-state index in [1.54, 1.807) is 14.1 Å². The van der Waals surface area contributed by atoms with Gasteiger partial charge in [0, 0.05) is 30.7 Å². The monoisotopic (exact) mass is 234 g/mol. The molecule has 2 aromatic rings. The van der Waals surface area contributed by atoms with E-state index in [1.165, 1.54) is 17.0 Å². The Kier molecular flexibility index (Phi) is 2.65. The molecule has 0 radical (unpaired) electrons. The SMILES string of the molecule is Cc1[nH]c2c(C)cc(F)cc2c1C(=O)N(C)C. The number of aryl methyl sites for hydroxylation is 2. The lowest BCUT2D eigenvalue weighted by Crippen LogP contribution is -2.22. The first kappa shape index (κ1) is 11.6. The number of H-pyrrole nitrogens is 1. The number of halogens is 1. The fraction of sp³-hybridized carbons (Fsp3) is 0.308. The molecule has 1 N–H and O–H groups in total. The zero-order valence-electron chi connectivity index (χ0n) is 10.4. The Bertz CT molecular complexity index is 599. The quantitative estimate of drug-likeness (QED) is 0.809. The van der Waals surface area contributed by atoms with E-state index in [2.05, 4.69) is 4.98 Å². The van der Waals surface area contributed by atoms with Crippen molar-refractivity contribution >= 4 is 16.8 Å². The summed E-state index contributed by atoms with van der Waals surface area (Å²) in [5, 5.41) is 0.652. The van der Waals surface area contributed by atoms with E-state index in [1.807, 2.05) is 13.8 Å². The van der Waals surface area contributed by atoms with Gasteiger partial charge in [0.25, 0.3) is 5.91 Å². The highest BCUT2D eigenvalue weighted by Gasteiger charge is 2.19. The molecule has 0 spiro atoms. The predicted octanol–water partition coefficient (Wildman–Crippen LogP) is 2.63. The second-order valence-electron chi connectivity index (χ2n) is 4.47. The Hall–Kier alpha value is -1.84. The molecule has 3 nitrogen and oxygen atoms in total. The van der Waals surface area contributed by atoms with Gasteiger partial charge >= 0.3 is 0 Å². The Morgan fingerprint density at radius 1 is 1.29 bits per heavy atom. The van der Waals surface area contributed by atoms with E-state index in [0.29, 0.717) is 10.9 Å². The van der Waals surface area contributed by atoms with Crippen molar-refractivity contribution in [1.82, 2.24) is 9.88 Å². The van der Waals surface area contributed by atoms with Crippen LogP contribution in [0.5, 0.6) is 0 Å². The minimum atomic E-state index is -0.318. The molecule has 0 saturated heterocycles. The number of aromatic nitrogens is 1. The van der Waals surface area contributed by atoms with Crippen LogP contribution in [-0.2, 0) is 0 Å². The largest absolute Gasteiger partial charge is 0.358 e. The van der Waals surface area contributed by atoms with Crippen LogP contribution in [-0.4, -0.2) is 29.9 Å². The minimum absolute atomic E-state index is 0.112. The zero-order chi connectivity index (χ0) is 12.7. The Morgan fingerprint density at radius 2 is 1.94 bits per heavy atom. The second-order valence-corrected chi connectivity index (χ2v) is 4.47. The summed E-state index contributed by atoms with van der Waals surface area (Å²) in [6.45, 7) is 3.65. The molecule has 0 saturated carbocycles. The topological polar surface area (TPSA) is 36.1 Å². The normalized spacial score (nSPS) is 10.9. The van der Waals surface area contributed by atoms with Crippen LogP contribution in [0.1, 0.15) is 21.6 Å². The molecular weight excluding hydrogens is 219 g/mol. The number of benzene rings is 1. The maximum atomic E-state index is 13.4. The molecule has 0 aliphatic rings. The number of fused-ring (bicyclic) bond motifs is 1. The van der Waals surface area contributed by atoms with Crippen LogP contribution >= 0.6 is 0 Å². The molecule has 0 atom stereocenters. The first-order valence-corrected chi connectivity index (χ1v) is 5.42. The van der Waals surface area contributed by atoms with E-state index in [9.17, 15) is 9.18 Å². The van der Waals surface area contributed by atoms with Crippen LogP contribution in [0.25, 0.3) is 10.9 Å². The smallest absolute Gasteiger partial charge is 0.255 e. The highest BCUT2D eigenvalue weighted by atomic mass is 19.1. The average Bonchev–Trinajstić information content (AvgIpc) is 2.54. The van der Waals surface area contributed by atoms with Gasteiger partial charge in [0.15, 0.2) is 0 Å². The highest BCUT2D eigenvalue weighted by molar-refractivity contribution is 6.08. The third-order valence-electron chi connectivity index (χ3n) is 2.88. The lowest BCUT2D eigenvalue weighted by atomic mass is 10.1. The number of nitrogens with zero attached hydrogens (tertiary/aromatic N) is 1. The highest BCUT2D eigenvalue weighted by Crippen LogP contribution is 2.26. The molecule has 0 fully saturated rings. The van der Waals surface area contributed by atoms with Crippen molar-refractivity contribution in [3.05, 3.63) is 34.8 Å². The molecule has 1 heterocycles. The summed E-state index contributed by atoms with van der Waals surface area (Å²) < 4.78 is 13.4. The van der Waals surface area contributed by atoms with Gasteiger partial charge in [-0.05, 0) is 31.5 Å². The van der Waals surface area contributed by atoms with Gasteiger partial charge in [-0.1, -0.05) is 0 Å². The summed E-state index contributed by atoms with van der Waals surface area (Å²) in [6, 6.07) is 2.87. The summed E-state index contributed by atoms with van der Waals surface area (Å²) in [7, 11) is 3.37. The summed E-state index contributed by atoms with van der Waals surface area (Å²) in [6.07, 6.45) is 0. The number of carbonyl (C=O) groups excluding carboxylic acids is 1. The number of carbonyl (C=O) groups is 1. The van der Waals surface area contributed by atoms with Crippen molar-refractivity contribution in [3.8, 4) is 0 Å². The van der Waals surface area contributed by atoms with Crippen molar-refractivity contribution in [2.45, 2.75) is 13.8 Å². The molecular formula is C13H15FN2O. The number of nitrogens with one attached hydrogen (secondary N) is 1. The van der Waals surface area contributed by atoms with Gasteiger partial charge in [0.2, 0.25) is 0 Å². The fourth-order valence-corrected chi connectivity index (χ4v) is 2.06. The Labute approximate surface area is 99.2 Å². The summed E-state index contributed by atoms with van der Waals surface area (Å²) in [5.74, 6) is -0.430. The predicted molar refractivity (Wildman–Crippen MR) is 65.7 cm³/mol. The number of rotatable bonds is 1. The molecule has 2 rings (SSSR count). The zero-order valence-corrected chi connectivity index (χ0v) is 10.4. The summed E-state index contributed by atoms with van der Waals surface area (Å²) in [5.41, 5.74) is 2.95. The van der Waals surface area contributed by atoms with Crippen LogP contribution in [0, 0.1) is 19.7 Å². The van der Waals surface area contributed by atoms with Crippen molar-refractivity contribution < 1.29 is 9.18 Å². The molecule has 0 aliphatic heterocycles. The van der Waals surface area contributed by atoms with Crippen LogP contribution in [0.4, 0.5) is 4.39 Å². The summed E-state index contributed by atoms with van der Waals surface area (Å²) in [4.78, 5) is 16.7. The van der Waals surface area contributed by atoms with Gasteiger partial charge in [-0.2, -0.15) is 0 Å². The molecule has 1 aromatic heterocycles. The number of hydrogen-bond donors (Lipinski definition) is 1. The standard InChI is InChI=1S/C13H15FN2O/c1-7-5-9(14)6-10-11(13(17)16(3)4)8(2)15-12(7)10/h5-6,15H,1-4H3. The molecule has 17 heavy (non-hydrogen) atoms. The summed E-state index contributed by atoms with van der Waals surface area (Å²) >= 11 is 0. The molecule has 1 aromatic carbocycles. The number of aromatic amines is 1. The van der Waals surface area contributed by atoms with Gasteiger partial charge in [0.05, 0.1) is 5.56 Å². The first-order valence-electron chi connectivity index (χ1n) is 5.42. The molecule has 4 heteroatoms. The van der Waals surface area contributed by atoms with Crippen molar-refractivity contribution in [3.63, 3.8) is 0 Å². The first-order chi connectivity index (χ1) is 7.91. The van der Waals surface area contributed by atoms with E-state index >= 15 is 0 Å². The molecule has 0 unspecified atom stereocenters. The fourth-order valence-electron chi connectivity index (χ4n) is 2.06. The Balaban J connectivity index is 2.79. The second kappa shape index (κ2) is 3.87. The lowest BCUT2D eigenvalue weighted by Gasteiger charge is -2.10. The maximum absolute atomic E-state index is 13.4. The van der Waals surface area contributed by atoms with Crippen molar-refractivity contribution in [2.24, 2.45) is 0 Å². The van der Waals surface area contributed by atoms with Gasteiger partial charge in [-0.15, -0.1) is 0 Å². The third-order valence-corrected chi connectivity index (χ3v) is 2.88. The van der Waals surface area contributed by atoms with E-state index < -0.39 is 0 Å². The van der Waals surface area contributed by atoms with Crippen molar-refractivity contribution in [1.29, 1.82) is 0 Å². The van der Waals surface area contributed by atoms with Crippen LogP contribution in [0.3, 0.4) is 0 Å². The molecule has 90 valence electrons. The average molecular weight is 234 g/mol. The minimum Gasteiger partial charge on any atom is -0.358 e. The third kappa shape index (κ3) is 1.79. The van der Waals surface area contributed by atoms with Crippen LogP contribution < -0.4 is 0 Å². The number of amides is 1. The Morgan fingerprint density at radius 3 is 2.53 bits per heavy atom. The van der Waals surface area contributed by atoms with Gasteiger partial charge < -0.3 is 9.88 Å². The molecule has 1 amide bonds. The number of hydrogen-bond acceptors (Lipinski definition) is 1. The lowest BCUT2D eigenvalue weighted by molar-refractivity contribution is 0.0829. The molecule has 0 aliphatic carbocycles. The molecule has 0 bridgehead atoms. The van der Waals surface area contributed by atoms with Gasteiger partial charge in [-0.3, -0.25) is 4.79 Å². The van der Waals surface area contributed by atoms with E-state index in [-0.39, 0.29) is 11.7 Å². The van der Waals surface area contributed by atoms with E-state index in [4.69, 9.17) is 0 Å². The van der Waals surface area contributed by atoms with Crippen LogP contribution in [0.15, 0.2) is 12.1 Å². The van der Waals surface area contributed by atoms with Crippen molar-refractivity contribution in [2.75, 3.05) is 14.1 Å². The van der Waals surface area contributed by atoms with Gasteiger partial charge in [-0.25, -0.2) is 4.39 Å².